The van der Waals surface area contributed by atoms with Crippen LogP contribution in [0.2, 0.25) is 0 Å². The Morgan fingerprint density at radius 2 is 2.00 bits per heavy atom. The van der Waals surface area contributed by atoms with E-state index in [1.54, 1.807) is 6.33 Å². The largest absolute Gasteiger partial charge is 0.494 e. The van der Waals surface area contributed by atoms with Crippen molar-refractivity contribution in [1.29, 1.82) is 0 Å². The van der Waals surface area contributed by atoms with E-state index < -0.39 is 0 Å². The highest BCUT2D eigenvalue weighted by Crippen LogP contribution is 2.30. The molecule has 1 aromatic heterocycles. The first kappa shape index (κ1) is 21.4. The number of hydrogen-bond acceptors (Lipinski definition) is 7. The van der Waals surface area contributed by atoms with E-state index in [-0.39, 0.29) is 11.8 Å². The van der Waals surface area contributed by atoms with Crippen LogP contribution in [0, 0.1) is 5.92 Å². The van der Waals surface area contributed by atoms with Gasteiger partial charge >= 0.3 is 0 Å². The van der Waals surface area contributed by atoms with Gasteiger partial charge in [-0.3, -0.25) is 4.79 Å². The van der Waals surface area contributed by atoms with Crippen LogP contribution < -0.4 is 19.9 Å². The van der Waals surface area contributed by atoms with Crippen molar-refractivity contribution >= 4 is 17.4 Å². The zero-order valence-corrected chi connectivity index (χ0v) is 18.1. The molecule has 31 heavy (non-hydrogen) atoms. The number of nitrogens with one attached hydrogen (secondary N) is 1. The molecule has 2 fully saturated rings. The molecule has 0 saturated carbocycles. The van der Waals surface area contributed by atoms with Crippen molar-refractivity contribution in [1.82, 2.24) is 15.3 Å². The molecule has 0 atom stereocenters. The quantitative estimate of drug-likeness (QED) is 0.729. The number of carbonyl (C=O) groups is 1. The molecular weight excluding hydrogens is 394 g/mol. The molecule has 2 aliphatic rings. The predicted molar refractivity (Wildman–Crippen MR) is 119 cm³/mol. The summed E-state index contributed by atoms with van der Waals surface area (Å²) in [5, 5.41) is 3.10. The maximum atomic E-state index is 12.7. The zero-order valence-electron chi connectivity index (χ0n) is 18.1. The molecule has 1 aromatic carbocycles. The standard InChI is InChI=1S/C23H31N5O3/c1-2-31-20-5-3-4-18(14-20)15-25-23(29)19-6-8-27(9-7-19)21-16-24-17-26-22(21)28-10-12-30-13-11-28/h3-5,14,16-17,19H,2,6-13,15H2,1H3,(H,25,29). The molecule has 0 spiro atoms. The number of carbonyl (C=O) groups excluding carboxylic acids is 1. The number of piperidine rings is 1. The minimum absolute atomic E-state index is 0.0304. The number of nitrogens with zero attached hydrogens (tertiary/aromatic N) is 4. The van der Waals surface area contributed by atoms with Crippen LogP contribution >= 0.6 is 0 Å². The van der Waals surface area contributed by atoms with Gasteiger partial charge in [0.15, 0.2) is 5.82 Å². The molecule has 0 unspecified atom stereocenters. The average molecular weight is 426 g/mol. The number of rotatable bonds is 7. The molecule has 2 saturated heterocycles. The van der Waals surface area contributed by atoms with Crippen molar-refractivity contribution in [3.63, 3.8) is 0 Å². The van der Waals surface area contributed by atoms with E-state index in [9.17, 15) is 4.79 Å². The maximum absolute atomic E-state index is 12.7. The van der Waals surface area contributed by atoms with Gasteiger partial charge in [0.2, 0.25) is 5.91 Å². The molecular formula is C23H31N5O3. The Bertz CT molecular complexity index is 864. The molecule has 166 valence electrons. The Balaban J connectivity index is 1.31. The maximum Gasteiger partial charge on any atom is 0.223 e. The Morgan fingerprint density at radius 1 is 1.19 bits per heavy atom. The second-order valence-electron chi connectivity index (χ2n) is 7.89. The summed E-state index contributed by atoms with van der Waals surface area (Å²) in [7, 11) is 0. The van der Waals surface area contributed by atoms with Gasteiger partial charge in [-0.1, -0.05) is 12.1 Å². The Labute approximate surface area is 183 Å². The fourth-order valence-electron chi connectivity index (χ4n) is 4.19. The molecule has 2 aliphatic heterocycles. The number of ether oxygens (including phenoxy) is 2. The highest BCUT2D eigenvalue weighted by molar-refractivity contribution is 5.79. The van der Waals surface area contributed by atoms with Gasteiger partial charge in [-0.15, -0.1) is 0 Å². The van der Waals surface area contributed by atoms with Crippen LogP contribution in [0.3, 0.4) is 0 Å². The number of aromatic nitrogens is 2. The van der Waals surface area contributed by atoms with Gasteiger partial charge in [-0.25, -0.2) is 9.97 Å². The van der Waals surface area contributed by atoms with Gasteiger partial charge in [0, 0.05) is 38.6 Å². The molecule has 1 N–H and O–H groups in total. The topological polar surface area (TPSA) is 79.8 Å². The van der Waals surface area contributed by atoms with E-state index in [0.717, 1.165) is 75.1 Å². The van der Waals surface area contributed by atoms with Crippen LogP contribution in [-0.2, 0) is 16.1 Å². The number of morpholine rings is 1. The van der Waals surface area contributed by atoms with Gasteiger partial charge < -0.3 is 24.6 Å². The van der Waals surface area contributed by atoms with Crippen molar-refractivity contribution in [2.45, 2.75) is 26.3 Å². The molecule has 0 aliphatic carbocycles. The average Bonchev–Trinajstić information content (AvgIpc) is 2.84. The monoisotopic (exact) mass is 425 g/mol. The molecule has 2 aromatic rings. The lowest BCUT2D eigenvalue weighted by atomic mass is 9.95. The first-order valence-electron chi connectivity index (χ1n) is 11.1. The summed E-state index contributed by atoms with van der Waals surface area (Å²) < 4.78 is 11.0. The predicted octanol–water partition coefficient (Wildman–Crippen LogP) is 2.24. The Morgan fingerprint density at radius 3 is 2.77 bits per heavy atom. The highest BCUT2D eigenvalue weighted by Gasteiger charge is 2.27. The zero-order chi connectivity index (χ0) is 21.5. The van der Waals surface area contributed by atoms with Crippen molar-refractivity contribution < 1.29 is 14.3 Å². The summed E-state index contributed by atoms with van der Waals surface area (Å²) >= 11 is 0. The number of anilines is 2. The highest BCUT2D eigenvalue weighted by atomic mass is 16.5. The van der Waals surface area contributed by atoms with Crippen LogP contribution in [0.5, 0.6) is 5.75 Å². The molecule has 8 heteroatoms. The van der Waals surface area contributed by atoms with E-state index in [1.807, 2.05) is 37.4 Å². The van der Waals surface area contributed by atoms with Gasteiger partial charge in [-0.05, 0) is 37.5 Å². The van der Waals surface area contributed by atoms with Crippen molar-refractivity contribution in [3.05, 3.63) is 42.4 Å². The first-order valence-corrected chi connectivity index (χ1v) is 11.1. The van der Waals surface area contributed by atoms with E-state index in [2.05, 4.69) is 25.1 Å². The third-order valence-electron chi connectivity index (χ3n) is 5.87. The summed E-state index contributed by atoms with van der Waals surface area (Å²) in [6, 6.07) is 7.88. The fourth-order valence-corrected chi connectivity index (χ4v) is 4.19. The van der Waals surface area contributed by atoms with Gasteiger partial charge in [0.1, 0.15) is 12.1 Å². The number of hydrogen-bond donors (Lipinski definition) is 1. The first-order chi connectivity index (χ1) is 15.2. The van der Waals surface area contributed by atoms with Crippen LogP contribution in [0.1, 0.15) is 25.3 Å². The minimum Gasteiger partial charge on any atom is -0.494 e. The van der Waals surface area contributed by atoms with E-state index in [4.69, 9.17) is 9.47 Å². The third-order valence-corrected chi connectivity index (χ3v) is 5.87. The minimum atomic E-state index is 0.0304. The van der Waals surface area contributed by atoms with E-state index in [1.165, 1.54) is 0 Å². The summed E-state index contributed by atoms with van der Waals surface area (Å²) in [6.07, 6.45) is 5.14. The van der Waals surface area contributed by atoms with E-state index in [0.29, 0.717) is 13.2 Å². The molecule has 0 radical (unpaired) electrons. The summed E-state index contributed by atoms with van der Waals surface area (Å²) in [5.41, 5.74) is 2.10. The smallest absolute Gasteiger partial charge is 0.223 e. The van der Waals surface area contributed by atoms with Crippen LogP contribution in [0.25, 0.3) is 0 Å². The van der Waals surface area contributed by atoms with Gasteiger partial charge in [0.25, 0.3) is 0 Å². The normalized spacial score (nSPS) is 17.5. The van der Waals surface area contributed by atoms with Crippen molar-refractivity contribution in [2.75, 3.05) is 55.8 Å². The second-order valence-corrected chi connectivity index (χ2v) is 7.89. The second kappa shape index (κ2) is 10.4. The van der Waals surface area contributed by atoms with Crippen molar-refractivity contribution in [2.24, 2.45) is 5.92 Å². The molecule has 8 nitrogen and oxygen atoms in total. The Hall–Kier alpha value is -2.87. The fraction of sp³-hybridized carbons (Fsp3) is 0.522. The lowest BCUT2D eigenvalue weighted by Gasteiger charge is -2.36. The van der Waals surface area contributed by atoms with Gasteiger partial charge in [0.05, 0.1) is 31.7 Å². The van der Waals surface area contributed by atoms with Crippen molar-refractivity contribution in [3.8, 4) is 5.75 Å². The van der Waals surface area contributed by atoms with E-state index >= 15 is 0 Å². The Kier molecular flexibility index (Phi) is 7.19. The molecule has 4 rings (SSSR count). The number of amides is 1. The SMILES string of the molecule is CCOc1cccc(CNC(=O)C2CCN(c3cncnc3N3CCOCC3)CC2)c1. The summed E-state index contributed by atoms with van der Waals surface area (Å²) in [4.78, 5) is 26.1. The molecule has 0 bridgehead atoms. The van der Waals surface area contributed by atoms with Crippen LogP contribution in [0.15, 0.2) is 36.8 Å². The lowest BCUT2D eigenvalue weighted by Crippen LogP contribution is -2.42. The number of benzene rings is 1. The molecule has 3 heterocycles. The van der Waals surface area contributed by atoms with Gasteiger partial charge in [-0.2, -0.15) is 0 Å². The van der Waals surface area contributed by atoms with Crippen LogP contribution in [-0.4, -0.2) is 61.9 Å². The lowest BCUT2D eigenvalue weighted by molar-refractivity contribution is -0.125. The summed E-state index contributed by atoms with van der Waals surface area (Å²) in [5.74, 6) is 1.96. The third kappa shape index (κ3) is 5.44. The summed E-state index contributed by atoms with van der Waals surface area (Å²) in [6.45, 7) is 7.89. The molecule has 1 amide bonds. The van der Waals surface area contributed by atoms with Crippen LogP contribution in [0.4, 0.5) is 11.5 Å².